The number of halogens is 2. The number of hydrogen-bond acceptors (Lipinski definition) is 2. The normalized spacial score (nSPS) is 12.5. The van der Waals surface area contributed by atoms with Crippen molar-refractivity contribution in [2.24, 2.45) is 0 Å². The van der Waals surface area contributed by atoms with E-state index in [-0.39, 0.29) is 20.9 Å². The summed E-state index contributed by atoms with van der Waals surface area (Å²) in [4.78, 5) is 11.9. The molecule has 0 aliphatic rings. The first kappa shape index (κ1) is 14.4. The van der Waals surface area contributed by atoms with Crippen LogP contribution in [0.4, 0.5) is 5.69 Å². The van der Waals surface area contributed by atoms with E-state index in [2.05, 4.69) is 0 Å². The first-order valence-corrected chi connectivity index (χ1v) is 6.06. The summed E-state index contributed by atoms with van der Waals surface area (Å²) < 4.78 is 0. The van der Waals surface area contributed by atoms with Gasteiger partial charge in [0.2, 0.25) is 0 Å². The molecule has 0 radical (unpaired) electrons. The van der Waals surface area contributed by atoms with Crippen LogP contribution in [-0.2, 0) is 0 Å². The third-order valence-electron chi connectivity index (χ3n) is 1.82. The minimum atomic E-state index is -0.575. The van der Waals surface area contributed by atoms with Crippen molar-refractivity contribution in [1.29, 1.82) is 0 Å². The van der Waals surface area contributed by atoms with Gasteiger partial charge in [0.05, 0.1) is 15.0 Å². The molecule has 0 saturated heterocycles. The van der Waals surface area contributed by atoms with Gasteiger partial charge in [0.1, 0.15) is 5.17 Å². The average molecular weight is 297 g/mol. The number of non-ortho nitro benzene ring substituents is 1. The largest absolute Gasteiger partial charge is 0.346 e. The summed E-state index contributed by atoms with van der Waals surface area (Å²) in [5.74, 6) is 0. The van der Waals surface area contributed by atoms with Gasteiger partial charge in [-0.15, -0.1) is 11.4 Å². The molecule has 94 valence electrons. The van der Waals surface area contributed by atoms with Gasteiger partial charge in [-0.25, -0.2) is 0 Å². The SMILES string of the molecule is CN(C)C(O)=[SH]c1c(Cl)cc([N+](=O)[O-])cc1Cl. The number of hydrogen-bond donors (Lipinski definition) is 2. The van der Waals surface area contributed by atoms with Crippen LogP contribution in [0.1, 0.15) is 0 Å². The molecule has 0 heterocycles. The Balaban J connectivity index is 3.28. The van der Waals surface area contributed by atoms with Crippen LogP contribution in [0.25, 0.3) is 0 Å². The van der Waals surface area contributed by atoms with Crippen molar-refractivity contribution in [1.82, 2.24) is 4.90 Å². The zero-order valence-corrected chi connectivity index (χ0v) is 11.4. The molecule has 0 fully saturated rings. The van der Waals surface area contributed by atoms with Crippen molar-refractivity contribution in [3.8, 4) is 0 Å². The highest BCUT2D eigenvalue weighted by atomic mass is 35.5. The molecule has 0 aliphatic heterocycles. The Bertz CT molecular complexity index is 468. The molecule has 0 aromatic heterocycles. The van der Waals surface area contributed by atoms with E-state index in [1.165, 1.54) is 17.0 Å². The van der Waals surface area contributed by atoms with Gasteiger partial charge in [-0.1, -0.05) is 23.2 Å². The first-order valence-electron chi connectivity index (χ1n) is 4.41. The molecule has 1 N–H and O–H groups in total. The van der Waals surface area contributed by atoms with Gasteiger partial charge in [-0.3, -0.25) is 15.0 Å². The molecule has 0 spiro atoms. The van der Waals surface area contributed by atoms with Gasteiger partial charge in [0.25, 0.3) is 5.69 Å². The third kappa shape index (κ3) is 3.65. The van der Waals surface area contributed by atoms with Crippen molar-refractivity contribution in [3.63, 3.8) is 0 Å². The van der Waals surface area contributed by atoms with Crippen molar-refractivity contribution in [2.75, 3.05) is 14.1 Å². The lowest BCUT2D eigenvalue weighted by Gasteiger charge is -2.09. The zero-order chi connectivity index (χ0) is 13.2. The summed E-state index contributed by atoms with van der Waals surface area (Å²) in [7, 11) is 3.32. The molecule has 1 aromatic rings. The van der Waals surface area contributed by atoms with Crippen LogP contribution in [0.5, 0.6) is 0 Å². The van der Waals surface area contributed by atoms with Gasteiger partial charge in [-0.05, 0) is 14.1 Å². The van der Waals surface area contributed by atoms with Crippen LogP contribution >= 0.6 is 34.6 Å². The molecule has 0 bridgehead atoms. The van der Waals surface area contributed by atoms with Crippen molar-refractivity contribution >= 4 is 45.4 Å². The van der Waals surface area contributed by atoms with Crippen LogP contribution < -0.4 is 0 Å². The fourth-order valence-corrected chi connectivity index (χ4v) is 2.44. The lowest BCUT2D eigenvalue weighted by Crippen LogP contribution is -2.19. The maximum absolute atomic E-state index is 10.6. The number of nitrogens with zero attached hydrogens (tertiary/aromatic N) is 2. The summed E-state index contributed by atoms with van der Waals surface area (Å²) in [5, 5.41) is 20.5. The smallest absolute Gasteiger partial charge is 0.272 e. The molecule has 5 nitrogen and oxygen atoms in total. The molecule has 17 heavy (non-hydrogen) atoms. The van der Waals surface area contributed by atoms with Gasteiger partial charge < -0.3 is 5.11 Å². The quantitative estimate of drug-likeness (QED) is 0.381. The van der Waals surface area contributed by atoms with E-state index in [0.29, 0.717) is 16.2 Å². The molecule has 0 amide bonds. The second-order valence-corrected chi connectivity index (χ2v) is 5.21. The van der Waals surface area contributed by atoms with E-state index in [9.17, 15) is 15.2 Å². The van der Waals surface area contributed by atoms with E-state index in [1.807, 2.05) is 0 Å². The van der Waals surface area contributed by atoms with E-state index < -0.39 is 4.92 Å². The molecule has 0 aliphatic carbocycles. The Hall–Kier alpha value is -0.660. The van der Waals surface area contributed by atoms with E-state index in [0.717, 1.165) is 0 Å². The van der Waals surface area contributed by atoms with Crippen molar-refractivity contribution in [2.45, 2.75) is 4.90 Å². The number of thiol groups is 1. The van der Waals surface area contributed by atoms with Crippen LogP contribution in [0.2, 0.25) is 10.0 Å². The minimum absolute atomic E-state index is 0.0441. The summed E-state index contributed by atoms with van der Waals surface area (Å²) in [6.07, 6.45) is 0. The van der Waals surface area contributed by atoms with E-state index in [4.69, 9.17) is 23.2 Å². The highest BCUT2D eigenvalue weighted by Gasteiger charge is 2.13. The molecule has 1 aromatic carbocycles. The molecule has 0 atom stereocenters. The number of aliphatic hydroxyl groups is 1. The Morgan fingerprint density at radius 1 is 1.41 bits per heavy atom. The monoisotopic (exact) mass is 296 g/mol. The highest BCUT2D eigenvalue weighted by Crippen LogP contribution is 2.34. The second kappa shape index (κ2) is 5.79. The van der Waals surface area contributed by atoms with Crippen LogP contribution in [-0.4, -0.2) is 34.2 Å². The molecular weight excluding hydrogens is 287 g/mol. The molecule has 0 unspecified atom stereocenters. The number of rotatable bonds is 2. The first-order chi connectivity index (χ1) is 7.82. The second-order valence-electron chi connectivity index (χ2n) is 3.32. The van der Waals surface area contributed by atoms with Crippen LogP contribution in [0.15, 0.2) is 17.0 Å². The minimum Gasteiger partial charge on any atom is -0.346 e. The molecule has 0 saturated carbocycles. The fraction of sp³-hybridized carbons (Fsp3) is 0.222. The lowest BCUT2D eigenvalue weighted by atomic mass is 10.3. The summed E-state index contributed by atoms with van der Waals surface area (Å²) in [5.41, 5.74) is -0.178. The Morgan fingerprint density at radius 3 is 2.24 bits per heavy atom. The highest BCUT2D eigenvalue weighted by molar-refractivity contribution is 7.98. The Kier molecular flexibility index (Phi) is 4.91. The number of aliphatic hydroxyl groups excluding tert-OH is 1. The summed E-state index contributed by atoms with van der Waals surface area (Å²) >= 11 is 12.2. The van der Waals surface area contributed by atoms with Gasteiger partial charge in [0, 0.05) is 17.0 Å². The molecule has 8 heteroatoms. The fourth-order valence-electron chi connectivity index (χ4n) is 0.964. The van der Waals surface area contributed by atoms with E-state index in [1.54, 1.807) is 14.1 Å². The van der Waals surface area contributed by atoms with E-state index >= 15 is 0 Å². The topological polar surface area (TPSA) is 66.6 Å². The number of nitro benzene ring substituents is 1. The van der Waals surface area contributed by atoms with Gasteiger partial charge in [-0.2, -0.15) is 0 Å². The third-order valence-corrected chi connectivity index (χ3v) is 3.99. The predicted octanol–water partition coefficient (Wildman–Crippen LogP) is 2.93. The Labute approximate surface area is 112 Å². The van der Waals surface area contributed by atoms with Crippen LogP contribution in [0, 0.1) is 10.1 Å². The number of benzene rings is 1. The standard InChI is InChI=1S/C9H10Cl2N2O3S/c1-12(2)9(14)17-8-6(10)3-5(13(15)16)4-7(8)11/h3-4,14,17H,1-2H3. The van der Waals surface area contributed by atoms with Gasteiger partial charge >= 0.3 is 0 Å². The Morgan fingerprint density at radius 2 is 1.88 bits per heavy atom. The van der Waals surface area contributed by atoms with Crippen molar-refractivity contribution in [3.05, 3.63) is 32.3 Å². The summed E-state index contributed by atoms with van der Waals surface area (Å²) in [6.45, 7) is 0. The maximum Gasteiger partial charge on any atom is 0.272 e. The lowest BCUT2D eigenvalue weighted by molar-refractivity contribution is -0.384. The summed E-state index contributed by atoms with van der Waals surface area (Å²) in [6, 6.07) is 2.41. The van der Waals surface area contributed by atoms with Crippen LogP contribution in [0.3, 0.4) is 0 Å². The average Bonchev–Trinajstić information content (AvgIpc) is 2.22. The zero-order valence-electron chi connectivity index (χ0n) is 9.02. The predicted molar refractivity (Wildman–Crippen MR) is 71.7 cm³/mol. The van der Waals surface area contributed by atoms with Gasteiger partial charge in [0.15, 0.2) is 0 Å². The maximum atomic E-state index is 10.6. The molecule has 1 rings (SSSR count). The molecular formula is C9H10Cl2N2O3S. The number of nitro groups is 1. The van der Waals surface area contributed by atoms with Crippen molar-refractivity contribution < 1.29 is 10.0 Å².